The molecule has 4 N–H and O–H groups in total. The van der Waals surface area contributed by atoms with Crippen molar-refractivity contribution in [3.05, 3.63) is 35.9 Å². The zero-order valence-corrected chi connectivity index (χ0v) is 10.3. The highest BCUT2D eigenvalue weighted by Crippen LogP contribution is 2.09. The topological polar surface area (TPSA) is 89.9 Å². The highest BCUT2D eigenvalue weighted by molar-refractivity contribution is 5.94. The Labute approximate surface area is 110 Å². The fourth-order valence-electron chi connectivity index (χ4n) is 2.29. The number of fused-ring (bicyclic) bond motifs is 1. The summed E-state index contributed by atoms with van der Waals surface area (Å²) in [6, 6.07) is 9.04. The summed E-state index contributed by atoms with van der Waals surface area (Å²) in [5.74, 6) is -0.316. The molecule has 1 aromatic carbocycles. The van der Waals surface area contributed by atoms with Crippen molar-refractivity contribution in [1.82, 2.24) is 21.3 Å². The van der Waals surface area contributed by atoms with E-state index in [0.717, 1.165) is 6.67 Å². The van der Waals surface area contributed by atoms with E-state index in [1.54, 1.807) is 12.1 Å². The van der Waals surface area contributed by atoms with Gasteiger partial charge < -0.3 is 0 Å². The van der Waals surface area contributed by atoms with Crippen molar-refractivity contribution in [2.24, 2.45) is 10.2 Å². The summed E-state index contributed by atoms with van der Waals surface area (Å²) in [6.07, 6.45) is -0.0362. The molecule has 19 heavy (non-hydrogen) atoms. The largest absolute Gasteiger partial charge is 0.296 e. The van der Waals surface area contributed by atoms with Crippen molar-refractivity contribution in [3.63, 3.8) is 0 Å². The Morgan fingerprint density at radius 2 is 1.79 bits per heavy atom. The Bertz CT molecular complexity index is 476. The van der Waals surface area contributed by atoms with Crippen LogP contribution in [0, 0.1) is 0 Å². The third-order valence-electron chi connectivity index (χ3n) is 3.29. The van der Waals surface area contributed by atoms with Crippen LogP contribution in [-0.2, 0) is 0 Å². The van der Waals surface area contributed by atoms with Crippen molar-refractivity contribution >= 4 is 5.91 Å². The first kappa shape index (κ1) is 12.4. The molecule has 1 aromatic rings. The van der Waals surface area contributed by atoms with Crippen molar-refractivity contribution in [1.29, 1.82) is 0 Å². The van der Waals surface area contributed by atoms with Gasteiger partial charge >= 0.3 is 0 Å². The summed E-state index contributed by atoms with van der Waals surface area (Å²) in [7, 11) is 0. The number of rotatable bonds is 2. The number of hydrogen-bond acceptors (Lipinski definition) is 6. The molecule has 0 spiro atoms. The van der Waals surface area contributed by atoms with E-state index in [1.807, 2.05) is 18.2 Å². The molecule has 3 unspecified atom stereocenters. The number of carbonyl (C=O) groups excluding carboxylic acids is 1. The first-order valence-corrected chi connectivity index (χ1v) is 6.28. The fourth-order valence-corrected chi connectivity index (χ4v) is 2.29. The van der Waals surface area contributed by atoms with Gasteiger partial charge in [0, 0.05) is 18.9 Å². The number of benzene rings is 1. The minimum absolute atomic E-state index is 0.0982. The molecule has 2 fully saturated rings. The molecule has 0 aromatic heterocycles. The summed E-state index contributed by atoms with van der Waals surface area (Å²) in [5.41, 5.74) is 0.550. The zero-order chi connectivity index (χ0) is 13.1. The Balaban J connectivity index is 1.67. The lowest BCUT2D eigenvalue weighted by Gasteiger charge is -2.31. The maximum Gasteiger partial charge on any atom is 0.295 e. The van der Waals surface area contributed by atoms with Crippen LogP contribution < -0.4 is 21.3 Å². The van der Waals surface area contributed by atoms with Crippen LogP contribution in [0.5, 0.6) is 0 Å². The number of azo groups is 1. The van der Waals surface area contributed by atoms with Crippen molar-refractivity contribution in [2.75, 3.05) is 13.3 Å². The van der Waals surface area contributed by atoms with Gasteiger partial charge in [-0.2, -0.15) is 5.11 Å². The van der Waals surface area contributed by atoms with E-state index in [2.05, 4.69) is 31.5 Å². The van der Waals surface area contributed by atoms with Crippen LogP contribution in [0.1, 0.15) is 10.4 Å². The van der Waals surface area contributed by atoms with Crippen LogP contribution in [0.4, 0.5) is 0 Å². The molecule has 0 saturated carbocycles. The van der Waals surface area contributed by atoms with Gasteiger partial charge in [-0.3, -0.25) is 26.1 Å². The SMILES string of the molecule is O=C(N=NC1NCNC2NCNC12)c1ccccc1. The predicted octanol–water partition coefficient (Wildman–Crippen LogP) is -0.400. The molecule has 7 heteroatoms. The molecule has 3 rings (SSSR count). The summed E-state index contributed by atoms with van der Waals surface area (Å²) in [5, 5.41) is 20.9. The number of nitrogens with zero attached hydrogens (tertiary/aromatic N) is 2. The van der Waals surface area contributed by atoms with Gasteiger partial charge in [0.05, 0.1) is 12.2 Å². The summed E-state index contributed by atoms with van der Waals surface area (Å²) in [4.78, 5) is 11.8. The molecule has 0 bridgehead atoms. The van der Waals surface area contributed by atoms with Crippen LogP contribution in [0.25, 0.3) is 0 Å². The van der Waals surface area contributed by atoms with Crippen molar-refractivity contribution < 1.29 is 4.79 Å². The van der Waals surface area contributed by atoms with Crippen LogP contribution in [0.15, 0.2) is 40.6 Å². The first-order valence-electron chi connectivity index (χ1n) is 6.28. The molecule has 100 valence electrons. The second kappa shape index (κ2) is 5.54. The predicted molar refractivity (Wildman–Crippen MR) is 69.3 cm³/mol. The Hall–Kier alpha value is -1.67. The summed E-state index contributed by atoms with van der Waals surface area (Å²) >= 11 is 0. The van der Waals surface area contributed by atoms with Gasteiger partial charge in [0.15, 0.2) is 0 Å². The molecule has 7 nitrogen and oxygen atoms in total. The molecule has 0 aliphatic carbocycles. The molecular formula is C12H16N6O. The molecular weight excluding hydrogens is 244 g/mol. The van der Waals surface area contributed by atoms with Crippen molar-refractivity contribution in [2.45, 2.75) is 18.4 Å². The molecule has 2 aliphatic rings. The van der Waals surface area contributed by atoms with Gasteiger partial charge in [-0.15, -0.1) is 5.11 Å². The molecule has 2 aliphatic heterocycles. The minimum atomic E-state index is -0.316. The van der Waals surface area contributed by atoms with E-state index in [4.69, 9.17) is 0 Å². The van der Waals surface area contributed by atoms with Gasteiger partial charge in [0.25, 0.3) is 5.91 Å². The number of hydrogen-bond donors (Lipinski definition) is 4. The Kier molecular flexibility index (Phi) is 3.60. The normalized spacial score (nSPS) is 30.4. The number of amides is 1. The number of carbonyl (C=O) groups is 1. The van der Waals surface area contributed by atoms with Crippen LogP contribution in [0.2, 0.25) is 0 Å². The maximum atomic E-state index is 11.8. The van der Waals surface area contributed by atoms with Crippen LogP contribution >= 0.6 is 0 Å². The quantitative estimate of drug-likeness (QED) is 0.543. The van der Waals surface area contributed by atoms with Crippen LogP contribution in [-0.4, -0.2) is 37.6 Å². The highest BCUT2D eigenvalue weighted by Gasteiger charge is 2.36. The highest BCUT2D eigenvalue weighted by atomic mass is 16.1. The second-order valence-electron chi connectivity index (χ2n) is 4.50. The van der Waals surface area contributed by atoms with E-state index in [0.29, 0.717) is 12.2 Å². The average Bonchev–Trinajstić information content (AvgIpc) is 2.94. The second-order valence-corrected chi connectivity index (χ2v) is 4.50. The van der Waals surface area contributed by atoms with Gasteiger partial charge in [-0.25, -0.2) is 0 Å². The lowest BCUT2D eigenvalue weighted by molar-refractivity contribution is 0.0989. The van der Waals surface area contributed by atoms with Crippen molar-refractivity contribution in [3.8, 4) is 0 Å². The number of nitrogens with one attached hydrogen (secondary N) is 4. The zero-order valence-electron chi connectivity index (χ0n) is 10.3. The first-order chi connectivity index (χ1) is 9.34. The molecule has 3 atom stereocenters. The Morgan fingerprint density at radius 3 is 2.58 bits per heavy atom. The van der Waals surface area contributed by atoms with E-state index >= 15 is 0 Å². The fraction of sp³-hybridized carbons (Fsp3) is 0.417. The van der Waals surface area contributed by atoms with Gasteiger partial charge in [0.1, 0.15) is 6.17 Å². The van der Waals surface area contributed by atoms with E-state index in [1.165, 1.54) is 0 Å². The molecule has 1 amide bonds. The smallest absolute Gasteiger partial charge is 0.295 e. The molecule has 2 saturated heterocycles. The maximum absolute atomic E-state index is 11.8. The van der Waals surface area contributed by atoms with Crippen LogP contribution in [0.3, 0.4) is 0 Å². The van der Waals surface area contributed by atoms with E-state index in [-0.39, 0.29) is 24.3 Å². The Morgan fingerprint density at radius 1 is 1.05 bits per heavy atom. The summed E-state index contributed by atoms with van der Waals surface area (Å²) in [6.45, 7) is 1.36. The molecule has 0 radical (unpaired) electrons. The minimum Gasteiger partial charge on any atom is -0.296 e. The third kappa shape index (κ3) is 2.69. The standard InChI is InChI=1S/C12H16N6O/c19-12(8-4-2-1-3-5-8)18-17-11-9-10(14-6-13-9)15-7-16-11/h1-5,9-11,13-16H,6-7H2. The average molecular weight is 260 g/mol. The monoisotopic (exact) mass is 260 g/mol. The lowest BCUT2D eigenvalue weighted by Crippen LogP contribution is -2.63. The van der Waals surface area contributed by atoms with Gasteiger partial charge in [0.2, 0.25) is 0 Å². The molecule has 2 heterocycles. The summed E-state index contributed by atoms with van der Waals surface area (Å²) < 4.78 is 0. The van der Waals surface area contributed by atoms with E-state index in [9.17, 15) is 4.79 Å². The van der Waals surface area contributed by atoms with Gasteiger partial charge in [-0.05, 0) is 12.1 Å². The lowest BCUT2D eigenvalue weighted by atomic mass is 10.1. The third-order valence-corrected chi connectivity index (χ3v) is 3.29. The van der Waals surface area contributed by atoms with E-state index < -0.39 is 0 Å². The van der Waals surface area contributed by atoms with Gasteiger partial charge in [-0.1, -0.05) is 18.2 Å².